The smallest absolute Gasteiger partial charge is 0.277 e. The topological polar surface area (TPSA) is 109 Å². The van der Waals surface area contributed by atoms with Crippen LogP contribution in [0.15, 0.2) is 12.2 Å². The largest absolute Gasteiger partial charge is 0.320 e. The standard InChI is InChI=1S/C4H8O6S4.Na/c5-13(6,7)11-3-1-2-4-12-14(8,9)10;/h1-2H,3-4H2,(H,5,6,7)(H,8,9,10);/b2-1+;. The van der Waals surface area contributed by atoms with Crippen molar-refractivity contribution in [3.63, 3.8) is 0 Å². The van der Waals surface area contributed by atoms with Gasteiger partial charge in [0, 0.05) is 62.7 Å². The van der Waals surface area contributed by atoms with Crippen LogP contribution in [0.5, 0.6) is 0 Å². The van der Waals surface area contributed by atoms with E-state index in [0.29, 0.717) is 21.6 Å². The Bertz CT molecular complexity index is 345. The molecule has 0 fully saturated rings. The molecule has 0 atom stereocenters. The van der Waals surface area contributed by atoms with Crippen LogP contribution in [0.1, 0.15) is 0 Å². The van der Waals surface area contributed by atoms with Crippen molar-refractivity contribution in [2.45, 2.75) is 0 Å². The van der Waals surface area contributed by atoms with Gasteiger partial charge in [-0.25, -0.2) is 0 Å². The van der Waals surface area contributed by atoms with Crippen molar-refractivity contribution in [2.75, 3.05) is 11.5 Å². The van der Waals surface area contributed by atoms with E-state index in [0.717, 1.165) is 0 Å². The molecule has 0 saturated carbocycles. The Kier molecular flexibility index (Phi) is 10.4. The van der Waals surface area contributed by atoms with Crippen LogP contribution in [-0.4, -0.2) is 67.0 Å². The summed E-state index contributed by atoms with van der Waals surface area (Å²) in [5, 5.41) is 0. The monoisotopic (exact) mass is 303 g/mol. The maximum absolute atomic E-state index is 10.2. The second-order valence-electron chi connectivity index (χ2n) is 1.90. The summed E-state index contributed by atoms with van der Waals surface area (Å²) in [4.78, 5) is 0. The minimum atomic E-state index is -4.05. The third kappa shape index (κ3) is 17.9. The summed E-state index contributed by atoms with van der Waals surface area (Å²) in [5.74, 6) is 0.0374. The van der Waals surface area contributed by atoms with Crippen molar-refractivity contribution in [3.05, 3.63) is 12.2 Å². The van der Waals surface area contributed by atoms with E-state index >= 15 is 0 Å². The average Bonchev–Trinajstić information content (AvgIpc) is 1.92. The molecule has 2 N–H and O–H groups in total. The SMILES string of the molecule is O=S(=O)(O)SC/C=C/CSS(=O)(=O)O.[Na]. The molecule has 0 spiro atoms. The minimum Gasteiger partial charge on any atom is -0.277 e. The molecule has 0 heterocycles. The molecule has 0 aromatic carbocycles. The van der Waals surface area contributed by atoms with Crippen LogP contribution < -0.4 is 0 Å². The quantitative estimate of drug-likeness (QED) is 0.311. The van der Waals surface area contributed by atoms with Crippen molar-refractivity contribution < 1.29 is 25.9 Å². The van der Waals surface area contributed by atoms with Crippen LogP contribution in [0, 0.1) is 0 Å². The molecule has 1 radical (unpaired) electrons. The van der Waals surface area contributed by atoms with E-state index in [9.17, 15) is 16.8 Å². The summed E-state index contributed by atoms with van der Waals surface area (Å²) in [5.41, 5.74) is 0. The molecule has 0 aliphatic rings. The summed E-state index contributed by atoms with van der Waals surface area (Å²) < 4.78 is 57.2. The zero-order valence-electron chi connectivity index (χ0n) is 7.73. The molecule has 15 heavy (non-hydrogen) atoms. The molecule has 0 unspecified atom stereocenters. The number of hydrogen-bond acceptors (Lipinski definition) is 6. The van der Waals surface area contributed by atoms with Gasteiger partial charge in [0.2, 0.25) is 0 Å². The van der Waals surface area contributed by atoms with Gasteiger partial charge in [-0.15, -0.1) is 0 Å². The summed E-state index contributed by atoms with van der Waals surface area (Å²) in [7, 11) is -7.47. The van der Waals surface area contributed by atoms with Crippen LogP contribution in [-0.2, 0) is 18.3 Å². The van der Waals surface area contributed by atoms with Gasteiger partial charge in [0.05, 0.1) is 0 Å². The number of hydrogen-bond donors (Lipinski definition) is 2. The van der Waals surface area contributed by atoms with Gasteiger partial charge in [-0.05, 0) is 0 Å². The van der Waals surface area contributed by atoms with Crippen LogP contribution in [0.25, 0.3) is 0 Å². The van der Waals surface area contributed by atoms with Crippen molar-refractivity contribution in [3.8, 4) is 0 Å². The first-order valence-corrected chi connectivity index (χ1v) is 8.98. The van der Waals surface area contributed by atoms with Crippen LogP contribution in [0.4, 0.5) is 0 Å². The molecule has 6 nitrogen and oxygen atoms in total. The third-order valence-electron chi connectivity index (χ3n) is 0.793. The summed E-state index contributed by atoms with van der Waals surface area (Å²) in [6, 6.07) is 0. The maximum Gasteiger partial charge on any atom is 0.320 e. The Morgan fingerprint density at radius 2 is 1.13 bits per heavy atom. The fourth-order valence-electron chi connectivity index (χ4n) is 0.387. The second kappa shape index (κ2) is 8.37. The predicted molar refractivity (Wildman–Crippen MR) is 62.9 cm³/mol. The van der Waals surface area contributed by atoms with Gasteiger partial charge >= 0.3 is 18.3 Å². The Labute approximate surface area is 118 Å². The second-order valence-corrected chi connectivity index (χ2v) is 8.69. The first-order chi connectivity index (χ1) is 6.21. The first kappa shape index (κ1) is 18.6. The van der Waals surface area contributed by atoms with Gasteiger partial charge in [0.1, 0.15) is 0 Å². The summed E-state index contributed by atoms with van der Waals surface area (Å²) >= 11 is 0. The fraction of sp³-hybridized carbons (Fsp3) is 0.500. The molecule has 85 valence electrons. The van der Waals surface area contributed by atoms with Crippen molar-refractivity contribution in [1.82, 2.24) is 0 Å². The van der Waals surface area contributed by atoms with Crippen molar-refractivity contribution >= 4 is 69.4 Å². The van der Waals surface area contributed by atoms with E-state index in [-0.39, 0.29) is 41.1 Å². The Morgan fingerprint density at radius 1 is 0.867 bits per heavy atom. The first-order valence-electron chi connectivity index (χ1n) is 3.09. The summed E-state index contributed by atoms with van der Waals surface area (Å²) in [6.45, 7) is 0. The Balaban J connectivity index is 0. The zero-order chi connectivity index (χ0) is 11.2. The molecule has 0 saturated heterocycles. The van der Waals surface area contributed by atoms with E-state index in [1.54, 1.807) is 0 Å². The van der Waals surface area contributed by atoms with E-state index in [2.05, 4.69) is 0 Å². The molecule has 11 heteroatoms. The molecule has 0 aliphatic heterocycles. The van der Waals surface area contributed by atoms with Gasteiger partial charge in [-0.1, -0.05) is 12.2 Å². The van der Waals surface area contributed by atoms with Crippen LogP contribution in [0.2, 0.25) is 0 Å². The van der Waals surface area contributed by atoms with Crippen LogP contribution >= 0.6 is 21.6 Å². The normalized spacial score (nSPS) is 12.7. The molecule has 0 aromatic heterocycles. The molecular formula is C4H8NaO6S4. The van der Waals surface area contributed by atoms with E-state index in [1.165, 1.54) is 12.2 Å². The third-order valence-corrected chi connectivity index (χ3v) is 4.65. The Hall–Kier alpha value is 1.26. The molecule has 0 bridgehead atoms. The molecular weight excluding hydrogens is 295 g/mol. The van der Waals surface area contributed by atoms with Gasteiger partial charge < -0.3 is 0 Å². The summed E-state index contributed by atoms with van der Waals surface area (Å²) in [6.07, 6.45) is 2.74. The van der Waals surface area contributed by atoms with Crippen LogP contribution in [0.3, 0.4) is 0 Å². The number of rotatable bonds is 6. The average molecular weight is 303 g/mol. The van der Waals surface area contributed by atoms with Crippen molar-refractivity contribution in [1.29, 1.82) is 0 Å². The molecule has 0 amide bonds. The predicted octanol–water partition coefficient (Wildman–Crippen LogP) is 0.234. The molecule has 0 aromatic rings. The van der Waals surface area contributed by atoms with Gasteiger partial charge in [0.25, 0.3) is 0 Å². The van der Waals surface area contributed by atoms with Gasteiger partial charge in [-0.3, -0.25) is 9.11 Å². The zero-order valence-corrected chi connectivity index (χ0v) is 13.0. The van der Waals surface area contributed by atoms with Gasteiger partial charge in [-0.2, -0.15) is 16.8 Å². The fourth-order valence-corrected chi connectivity index (χ4v) is 2.66. The van der Waals surface area contributed by atoms with E-state index in [1.807, 2.05) is 0 Å². The minimum absolute atomic E-state index is 0. The Morgan fingerprint density at radius 3 is 1.33 bits per heavy atom. The molecule has 0 rings (SSSR count). The van der Waals surface area contributed by atoms with E-state index < -0.39 is 18.3 Å². The van der Waals surface area contributed by atoms with Crippen molar-refractivity contribution in [2.24, 2.45) is 0 Å². The van der Waals surface area contributed by atoms with Gasteiger partial charge in [0.15, 0.2) is 0 Å². The molecule has 0 aliphatic carbocycles. The van der Waals surface area contributed by atoms with E-state index in [4.69, 9.17) is 9.11 Å². The maximum atomic E-state index is 10.2.